The van der Waals surface area contributed by atoms with Gasteiger partial charge in [0.2, 0.25) is 4.90 Å². The van der Waals surface area contributed by atoms with Crippen LogP contribution in [0.3, 0.4) is 0 Å². The zero-order valence-electron chi connectivity index (χ0n) is 18.6. The molecule has 29 heavy (non-hydrogen) atoms. The van der Waals surface area contributed by atoms with E-state index in [-0.39, 0.29) is 0 Å². The Kier molecular flexibility index (Phi) is 9.72. The Bertz CT molecular complexity index is 729. The lowest BCUT2D eigenvalue weighted by Crippen LogP contribution is -2.45. The summed E-state index contributed by atoms with van der Waals surface area (Å²) in [7, 11) is 3.65. The monoisotopic (exact) mass is 422 g/mol. The fourth-order valence-corrected chi connectivity index (χ4v) is 4.30. The van der Waals surface area contributed by atoms with Crippen LogP contribution in [-0.2, 0) is 22.6 Å². The van der Waals surface area contributed by atoms with E-state index >= 15 is 0 Å². The van der Waals surface area contributed by atoms with Gasteiger partial charge in [-0.1, -0.05) is 13.8 Å². The minimum absolute atomic E-state index is 0.580. The van der Waals surface area contributed by atoms with Crippen LogP contribution in [0.15, 0.2) is 23.2 Å². The molecule has 1 unspecified atom stereocenters. The maximum Gasteiger partial charge on any atom is 0.307 e. The van der Waals surface area contributed by atoms with Crippen LogP contribution in [0, 0.1) is 13.8 Å². The topological polar surface area (TPSA) is 79.3 Å². The Hall–Kier alpha value is -1.81. The highest BCUT2D eigenvalue weighted by Crippen LogP contribution is 2.24. The molecular formula is C20H36N7OS+. The van der Waals surface area contributed by atoms with Crippen molar-refractivity contribution in [1.82, 2.24) is 25.0 Å². The molecule has 0 saturated carbocycles. The van der Waals surface area contributed by atoms with Crippen LogP contribution in [0.4, 0.5) is 11.5 Å². The summed E-state index contributed by atoms with van der Waals surface area (Å²) < 4.78 is 11.0. The van der Waals surface area contributed by atoms with Gasteiger partial charge < -0.3 is 10.6 Å². The quantitative estimate of drug-likeness (QED) is 0.564. The van der Waals surface area contributed by atoms with Gasteiger partial charge in [-0.2, -0.15) is 9.82 Å². The van der Waals surface area contributed by atoms with E-state index in [2.05, 4.69) is 36.4 Å². The van der Waals surface area contributed by atoms with Crippen molar-refractivity contribution in [1.29, 1.82) is 0 Å². The molecule has 1 fully saturated rings. The Labute approximate surface area is 178 Å². The standard InChI is InChI=1S/C18H30N7OS.C2H6/c1-14-18(15(2)24(3)22-14)23-27(26-4)16-5-6-17(21-13-16)20-9-12-25-10-7-19-8-11-25;1-2/h5-6,13,19,23H,7-12H2,1-4H3,(H,20,21);1-2H3/q+1;. The fraction of sp³-hybridized carbons (Fsp3) is 0.600. The van der Waals surface area contributed by atoms with Gasteiger partial charge >= 0.3 is 11.4 Å². The molecule has 0 spiro atoms. The molecule has 2 aromatic rings. The molecule has 0 bridgehead atoms. The number of piperazine rings is 1. The van der Waals surface area contributed by atoms with E-state index in [1.54, 1.807) is 7.11 Å². The number of hydrogen-bond acceptors (Lipinski definition) is 7. The van der Waals surface area contributed by atoms with Crippen molar-refractivity contribution in [2.75, 3.05) is 56.4 Å². The first-order valence-electron chi connectivity index (χ1n) is 10.3. The number of hydrogen-bond donors (Lipinski definition) is 3. The summed E-state index contributed by atoms with van der Waals surface area (Å²) in [5.74, 6) is 0.891. The second-order valence-corrected chi connectivity index (χ2v) is 8.15. The average Bonchev–Trinajstić information content (AvgIpc) is 3.00. The summed E-state index contributed by atoms with van der Waals surface area (Å²) in [6, 6.07) is 4.07. The van der Waals surface area contributed by atoms with Crippen LogP contribution >= 0.6 is 0 Å². The molecule has 3 heterocycles. The van der Waals surface area contributed by atoms with E-state index in [9.17, 15) is 0 Å². The lowest BCUT2D eigenvalue weighted by Gasteiger charge is -2.27. The first kappa shape index (κ1) is 23.5. The molecular weight excluding hydrogens is 386 g/mol. The van der Waals surface area contributed by atoms with E-state index in [0.29, 0.717) is 0 Å². The highest BCUT2D eigenvalue weighted by Gasteiger charge is 2.27. The van der Waals surface area contributed by atoms with Crippen LogP contribution in [0.1, 0.15) is 25.2 Å². The zero-order valence-corrected chi connectivity index (χ0v) is 19.4. The van der Waals surface area contributed by atoms with Gasteiger partial charge in [-0.3, -0.25) is 9.58 Å². The first-order chi connectivity index (χ1) is 14.1. The molecule has 0 aromatic carbocycles. The van der Waals surface area contributed by atoms with Crippen LogP contribution < -0.4 is 15.4 Å². The first-order valence-corrected chi connectivity index (χ1v) is 11.4. The lowest BCUT2D eigenvalue weighted by molar-refractivity contribution is 0.249. The maximum absolute atomic E-state index is 5.67. The van der Waals surface area contributed by atoms with Crippen LogP contribution in [-0.4, -0.2) is 66.0 Å². The number of nitrogens with one attached hydrogen (secondary N) is 3. The molecule has 1 saturated heterocycles. The summed E-state index contributed by atoms with van der Waals surface area (Å²) in [5, 5.41) is 11.2. The highest BCUT2D eigenvalue weighted by molar-refractivity contribution is 7.93. The van der Waals surface area contributed by atoms with Gasteiger partial charge in [0.1, 0.15) is 11.5 Å². The summed E-state index contributed by atoms with van der Waals surface area (Å²) >= 11 is -0.580. The number of aryl methyl sites for hydroxylation is 2. The Morgan fingerprint density at radius 2 is 1.93 bits per heavy atom. The second-order valence-electron chi connectivity index (χ2n) is 6.60. The van der Waals surface area contributed by atoms with Crippen molar-refractivity contribution in [3.05, 3.63) is 29.7 Å². The minimum Gasteiger partial charge on any atom is -0.369 e. The molecule has 0 amide bonds. The number of nitrogens with zero attached hydrogens (tertiary/aromatic N) is 4. The number of aromatic nitrogens is 3. The van der Waals surface area contributed by atoms with E-state index in [1.807, 2.05) is 51.7 Å². The number of rotatable bonds is 8. The number of anilines is 2. The zero-order chi connectivity index (χ0) is 21.2. The Morgan fingerprint density at radius 1 is 1.21 bits per heavy atom. The van der Waals surface area contributed by atoms with Gasteiger partial charge in [-0.15, -0.1) is 4.18 Å². The third kappa shape index (κ3) is 6.60. The van der Waals surface area contributed by atoms with Crippen LogP contribution in [0.25, 0.3) is 0 Å². The smallest absolute Gasteiger partial charge is 0.307 e. The van der Waals surface area contributed by atoms with E-state index in [4.69, 9.17) is 4.18 Å². The van der Waals surface area contributed by atoms with Crippen molar-refractivity contribution in [2.45, 2.75) is 32.6 Å². The van der Waals surface area contributed by atoms with Crippen LogP contribution in [0.2, 0.25) is 0 Å². The Balaban J connectivity index is 0.00000145. The predicted molar refractivity (Wildman–Crippen MR) is 122 cm³/mol. The molecule has 3 N–H and O–H groups in total. The van der Waals surface area contributed by atoms with Gasteiger partial charge in [-0.05, 0) is 19.9 Å². The SMILES string of the molecule is CC.CO[S+](Nc1c(C)nn(C)c1C)c1ccc(NCCN2CCNCC2)nc1. The van der Waals surface area contributed by atoms with Crippen molar-refractivity contribution in [3.63, 3.8) is 0 Å². The second kappa shape index (κ2) is 12.0. The van der Waals surface area contributed by atoms with Crippen molar-refractivity contribution >= 4 is 22.9 Å². The summed E-state index contributed by atoms with van der Waals surface area (Å²) in [6.07, 6.45) is 1.87. The number of pyridine rings is 1. The van der Waals surface area contributed by atoms with Gasteiger partial charge in [-0.25, -0.2) is 4.98 Å². The van der Waals surface area contributed by atoms with E-state index in [0.717, 1.165) is 67.1 Å². The largest absolute Gasteiger partial charge is 0.369 e. The highest BCUT2D eigenvalue weighted by atomic mass is 32.2. The van der Waals surface area contributed by atoms with Crippen molar-refractivity contribution in [3.8, 4) is 0 Å². The minimum atomic E-state index is -0.580. The average molecular weight is 423 g/mol. The molecule has 1 atom stereocenters. The summed E-state index contributed by atoms with van der Waals surface area (Å²) in [4.78, 5) is 8.01. The molecule has 1 aliphatic rings. The maximum atomic E-state index is 5.67. The predicted octanol–water partition coefficient (Wildman–Crippen LogP) is 2.34. The molecule has 3 rings (SSSR count). The lowest BCUT2D eigenvalue weighted by atomic mass is 10.3. The van der Waals surface area contributed by atoms with Gasteiger partial charge in [0.25, 0.3) is 0 Å². The van der Waals surface area contributed by atoms with Gasteiger partial charge in [0, 0.05) is 52.4 Å². The molecule has 8 nitrogen and oxygen atoms in total. The summed E-state index contributed by atoms with van der Waals surface area (Å²) in [6.45, 7) is 14.4. The van der Waals surface area contributed by atoms with Crippen molar-refractivity contribution in [2.24, 2.45) is 7.05 Å². The molecule has 9 heteroatoms. The molecule has 2 aromatic heterocycles. The molecule has 0 radical (unpaired) electrons. The molecule has 1 aliphatic heterocycles. The van der Waals surface area contributed by atoms with Crippen molar-refractivity contribution < 1.29 is 4.18 Å². The van der Waals surface area contributed by atoms with Gasteiger partial charge in [0.15, 0.2) is 0 Å². The Morgan fingerprint density at radius 3 is 2.48 bits per heavy atom. The third-order valence-electron chi connectivity index (χ3n) is 4.76. The van der Waals surface area contributed by atoms with Crippen LogP contribution in [0.5, 0.6) is 0 Å². The van der Waals surface area contributed by atoms with E-state index in [1.165, 1.54) is 0 Å². The normalized spacial score (nSPS) is 15.4. The van der Waals surface area contributed by atoms with E-state index < -0.39 is 11.4 Å². The third-order valence-corrected chi connectivity index (χ3v) is 6.16. The van der Waals surface area contributed by atoms with Gasteiger partial charge in [0.05, 0.1) is 24.7 Å². The molecule has 0 aliphatic carbocycles. The fourth-order valence-electron chi connectivity index (χ4n) is 3.08. The molecule has 162 valence electrons. The summed E-state index contributed by atoms with van der Waals surface area (Å²) in [5.41, 5.74) is 3.06.